The van der Waals surface area contributed by atoms with Gasteiger partial charge in [0.25, 0.3) is 0 Å². The number of nitrogens with zero attached hydrogens (tertiary/aromatic N) is 3. The molecule has 0 aliphatic carbocycles. The van der Waals surface area contributed by atoms with Gasteiger partial charge in [-0.15, -0.1) is 11.3 Å². The second kappa shape index (κ2) is 7.73. The molecule has 5 nitrogen and oxygen atoms in total. The van der Waals surface area contributed by atoms with Gasteiger partial charge < -0.3 is 15.1 Å². The Morgan fingerprint density at radius 3 is 2.78 bits per heavy atom. The summed E-state index contributed by atoms with van der Waals surface area (Å²) in [6, 6.07) is 0. The fourth-order valence-electron chi connectivity index (χ4n) is 3.46. The lowest BCUT2D eigenvalue weighted by Gasteiger charge is -2.33. The summed E-state index contributed by atoms with van der Waals surface area (Å²) in [6.45, 7) is 10.9. The number of aromatic nitrogens is 1. The highest BCUT2D eigenvalue weighted by molar-refractivity contribution is 7.11. The Morgan fingerprint density at radius 1 is 1.30 bits per heavy atom. The van der Waals surface area contributed by atoms with Crippen molar-refractivity contribution in [1.29, 1.82) is 0 Å². The summed E-state index contributed by atoms with van der Waals surface area (Å²) in [5.41, 5.74) is 1.18. The molecule has 3 heterocycles. The number of hydrogen-bond donors (Lipinski definition) is 1. The first kappa shape index (κ1) is 16.9. The van der Waals surface area contributed by atoms with Crippen LogP contribution >= 0.6 is 11.3 Å². The summed E-state index contributed by atoms with van der Waals surface area (Å²) in [4.78, 5) is 22.9. The molecule has 3 rings (SSSR count). The molecule has 0 bridgehead atoms. The molecule has 0 saturated carbocycles. The Hall–Kier alpha value is -0.980. The number of piperazine rings is 1. The maximum Gasteiger partial charge on any atom is 0.223 e. The molecule has 1 aromatic heterocycles. The van der Waals surface area contributed by atoms with Crippen LogP contribution < -0.4 is 5.32 Å². The quantitative estimate of drug-likeness (QED) is 0.910. The zero-order valence-corrected chi connectivity index (χ0v) is 15.1. The molecule has 1 N–H and O–H groups in total. The Balaban J connectivity index is 1.49. The Morgan fingerprint density at radius 2 is 2.09 bits per heavy atom. The van der Waals surface area contributed by atoms with Crippen LogP contribution in [0.1, 0.15) is 40.8 Å². The van der Waals surface area contributed by atoms with Crippen LogP contribution in [0.25, 0.3) is 0 Å². The highest BCUT2D eigenvalue weighted by Gasteiger charge is 2.25. The number of piperidine rings is 1. The number of carbonyl (C=O) groups is 1. The van der Waals surface area contributed by atoms with Gasteiger partial charge >= 0.3 is 0 Å². The molecule has 23 heavy (non-hydrogen) atoms. The van der Waals surface area contributed by atoms with Crippen molar-refractivity contribution in [2.45, 2.75) is 39.0 Å². The van der Waals surface area contributed by atoms with E-state index in [1.54, 1.807) is 0 Å². The molecule has 6 heteroatoms. The van der Waals surface area contributed by atoms with Gasteiger partial charge in [-0.25, -0.2) is 4.98 Å². The zero-order valence-electron chi connectivity index (χ0n) is 14.3. The van der Waals surface area contributed by atoms with E-state index in [1.165, 1.54) is 28.4 Å². The average Bonchev–Trinajstić information content (AvgIpc) is 2.93. The van der Waals surface area contributed by atoms with E-state index in [0.29, 0.717) is 18.2 Å². The molecule has 0 aromatic carbocycles. The predicted molar refractivity (Wildman–Crippen MR) is 94.1 cm³/mol. The number of aryl methyl sites for hydroxylation is 2. The molecular weight excluding hydrogens is 308 g/mol. The molecule has 1 aromatic rings. The van der Waals surface area contributed by atoms with Crippen LogP contribution in [-0.2, 0) is 4.79 Å². The molecule has 1 amide bonds. The second-order valence-corrected chi connectivity index (χ2v) is 7.95. The summed E-state index contributed by atoms with van der Waals surface area (Å²) >= 11 is 1.85. The van der Waals surface area contributed by atoms with E-state index in [2.05, 4.69) is 24.1 Å². The van der Waals surface area contributed by atoms with Gasteiger partial charge in [-0.1, -0.05) is 0 Å². The number of nitrogens with one attached hydrogen (secondary N) is 1. The summed E-state index contributed by atoms with van der Waals surface area (Å²) in [5.74, 6) is 0.866. The smallest absolute Gasteiger partial charge is 0.223 e. The van der Waals surface area contributed by atoms with Gasteiger partial charge in [0.2, 0.25) is 5.91 Å². The van der Waals surface area contributed by atoms with Gasteiger partial charge in [0.05, 0.1) is 10.7 Å². The van der Waals surface area contributed by atoms with Crippen molar-refractivity contribution < 1.29 is 4.79 Å². The molecule has 1 unspecified atom stereocenters. The van der Waals surface area contributed by atoms with E-state index in [4.69, 9.17) is 4.98 Å². The van der Waals surface area contributed by atoms with Gasteiger partial charge in [0, 0.05) is 56.5 Å². The summed E-state index contributed by atoms with van der Waals surface area (Å²) in [5, 5.41) is 4.59. The summed E-state index contributed by atoms with van der Waals surface area (Å²) < 4.78 is 0. The molecule has 2 saturated heterocycles. The SMILES string of the molecule is Cc1nc(C2CCCN(CCC(=O)N3CCNCC3)C2)sc1C. The first-order valence-corrected chi connectivity index (χ1v) is 9.60. The predicted octanol–water partition coefficient (Wildman–Crippen LogP) is 1.76. The summed E-state index contributed by atoms with van der Waals surface area (Å²) in [6.07, 6.45) is 3.10. The first-order chi connectivity index (χ1) is 11.1. The minimum absolute atomic E-state index is 0.314. The van der Waals surface area contributed by atoms with Crippen LogP contribution in [0.3, 0.4) is 0 Å². The molecular formula is C17H28N4OS. The fourth-order valence-corrected chi connectivity index (χ4v) is 4.51. The van der Waals surface area contributed by atoms with E-state index in [1.807, 2.05) is 16.2 Å². The van der Waals surface area contributed by atoms with E-state index < -0.39 is 0 Å². The molecule has 1 atom stereocenters. The highest BCUT2D eigenvalue weighted by Crippen LogP contribution is 2.31. The van der Waals surface area contributed by atoms with Crippen LogP contribution in [0.5, 0.6) is 0 Å². The maximum atomic E-state index is 12.3. The average molecular weight is 337 g/mol. The number of likely N-dealkylation sites (tertiary alicyclic amines) is 1. The largest absolute Gasteiger partial charge is 0.340 e. The molecule has 0 radical (unpaired) electrons. The van der Waals surface area contributed by atoms with Crippen LogP contribution in [0.4, 0.5) is 0 Å². The van der Waals surface area contributed by atoms with Gasteiger partial charge in [-0.2, -0.15) is 0 Å². The number of rotatable bonds is 4. The number of amides is 1. The Labute approximate surface area is 143 Å². The second-order valence-electron chi connectivity index (χ2n) is 6.71. The monoisotopic (exact) mass is 336 g/mol. The van der Waals surface area contributed by atoms with Gasteiger partial charge in [0.1, 0.15) is 0 Å². The third kappa shape index (κ3) is 4.31. The van der Waals surface area contributed by atoms with Crippen molar-refractivity contribution in [2.24, 2.45) is 0 Å². The van der Waals surface area contributed by atoms with Crippen molar-refractivity contribution in [1.82, 2.24) is 20.1 Å². The number of hydrogen-bond acceptors (Lipinski definition) is 5. The van der Waals surface area contributed by atoms with E-state index in [0.717, 1.165) is 45.8 Å². The van der Waals surface area contributed by atoms with Crippen molar-refractivity contribution in [3.63, 3.8) is 0 Å². The van der Waals surface area contributed by atoms with Crippen molar-refractivity contribution >= 4 is 17.2 Å². The molecule has 2 aliphatic heterocycles. The molecule has 2 fully saturated rings. The van der Waals surface area contributed by atoms with Gasteiger partial charge in [-0.3, -0.25) is 4.79 Å². The third-order valence-corrected chi connectivity index (χ3v) is 6.25. The first-order valence-electron chi connectivity index (χ1n) is 8.78. The lowest BCUT2D eigenvalue weighted by atomic mass is 9.98. The maximum absolute atomic E-state index is 12.3. The Bertz CT molecular complexity index is 519. The van der Waals surface area contributed by atoms with Gasteiger partial charge in [0.15, 0.2) is 0 Å². The number of carbonyl (C=O) groups excluding carboxylic acids is 1. The molecule has 128 valence electrons. The van der Waals surface area contributed by atoms with Crippen LogP contribution in [-0.4, -0.2) is 66.5 Å². The van der Waals surface area contributed by atoms with Crippen molar-refractivity contribution in [3.05, 3.63) is 15.6 Å². The summed E-state index contributed by atoms with van der Waals surface area (Å²) in [7, 11) is 0. The fraction of sp³-hybridized carbons (Fsp3) is 0.765. The minimum Gasteiger partial charge on any atom is -0.340 e. The Kier molecular flexibility index (Phi) is 5.67. The molecule has 2 aliphatic rings. The normalized spacial score (nSPS) is 23.2. The minimum atomic E-state index is 0.314. The standard InChI is InChI=1S/C17H28N4OS/c1-13-14(2)23-17(19-13)15-4-3-8-20(12-15)9-5-16(22)21-10-6-18-7-11-21/h15,18H,3-12H2,1-2H3. The van der Waals surface area contributed by atoms with Crippen molar-refractivity contribution in [3.8, 4) is 0 Å². The van der Waals surface area contributed by atoms with E-state index in [-0.39, 0.29) is 0 Å². The highest BCUT2D eigenvalue weighted by atomic mass is 32.1. The van der Waals surface area contributed by atoms with Crippen molar-refractivity contribution in [2.75, 3.05) is 45.8 Å². The molecule has 0 spiro atoms. The lowest BCUT2D eigenvalue weighted by molar-refractivity contribution is -0.132. The number of thiazole rings is 1. The van der Waals surface area contributed by atoms with Crippen LogP contribution in [0.2, 0.25) is 0 Å². The van der Waals surface area contributed by atoms with E-state index >= 15 is 0 Å². The van der Waals surface area contributed by atoms with Crippen LogP contribution in [0, 0.1) is 13.8 Å². The topological polar surface area (TPSA) is 48.5 Å². The van der Waals surface area contributed by atoms with Crippen LogP contribution in [0.15, 0.2) is 0 Å². The van der Waals surface area contributed by atoms with Gasteiger partial charge in [-0.05, 0) is 33.2 Å². The van der Waals surface area contributed by atoms with E-state index in [9.17, 15) is 4.79 Å². The zero-order chi connectivity index (χ0) is 16.2. The third-order valence-electron chi connectivity index (χ3n) is 5.01. The lowest BCUT2D eigenvalue weighted by Crippen LogP contribution is -2.47.